The summed E-state index contributed by atoms with van der Waals surface area (Å²) in [6.07, 6.45) is 1.32. The topological polar surface area (TPSA) is 98.3 Å². The number of morpholine rings is 1. The zero-order valence-corrected chi connectivity index (χ0v) is 18.9. The molecular formula is C21H27N3O6S. The summed E-state index contributed by atoms with van der Waals surface area (Å²) < 4.78 is 43.7. The van der Waals surface area contributed by atoms with Crippen LogP contribution in [0.2, 0.25) is 0 Å². The van der Waals surface area contributed by atoms with Gasteiger partial charge in [-0.3, -0.25) is 0 Å². The van der Waals surface area contributed by atoms with Crippen molar-refractivity contribution in [1.82, 2.24) is 9.29 Å². The molecule has 0 bridgehead atoms. The van der Waals surface area contributed by atoms with Crippen LogP contribution in [0, 0.1) is 6.92 Å². The third-order valence-corrected chi connectivity index (χ3v) is 6.95. The first kappa shape index (κ1) is 23.0. The van der Waals surface area contributed by atoms with Crippen LogP contribution in [0.1, 0.15) is 21.5 Å². The molecule has 0 N–H and O–H groups in total. The predicted molar refractivity (Wildman–Crippen MR) is 115 cm³/mol. The maximum absolute atomic E-state index is 13.4. The van der Waals surface area contributed by atoms with Gasteiger partial charge >= 0.3 is 5.97 Å². The van der Waals surface area contributed by atoms with Crippen molar-refractivity contribution >= 4 is 21.8 Å². The Balaban J connectivity index is 2.05. The fourth-order valence-corrected chi connectivity index (χ4v) is 5.05. The molecule has 1 aromatic carbocycles. The third-order valence-electron chi connectivity index (χ3n) is 5.05. The summed E-state index contributed by atoms with van der Waals surface area (Å²) in [5.41, 5.74) is 2.01. The summed E-state index contributed by atoms with van der Waals surface area (Å²) in [7, 11) is 0.670. The van der Waals surface area contributed by atoms with Gasteiger partial charge in [0.1, 0.15) is 16.5 Å². The highest BCUT2D eigenvalue weighted by molar-refractivity contribution is 7.89. The molecule has 0 radical (unpaired) electrons. The van der Waals surface area contributed by atoms with E-state index in [1.807, 2.05) is 25.1 Å². The molecule has 1 aliphatic rings. The van der Waals surface area contributed by atoms with Crippen LogP contribution in [0.15, 0.2) is 35.4 Å². The molecule has 10 heteroatoms. The van der Waals surface area contributed by atoms with E-state index in [0.29, 0.717) is 25.5 Å². The predicted octanol–water partition coefficient (Wildman–Crippen LogP) is 1.84. The number of carbonyl (C=O) groups excluding carboxylic acids is 1. The van der Waals surface area contributed by atoms with Gasteiger partial charge in [0.05, 0.1) is 33.0 Å². The van der Waals surface area contributed by atoms with Crippen LogP contribution in [0.5, 0.6) is 5.75 Å². The van der Waals surface area contributed by atoms with Crippen molar-refractivity contribution in [2.75, 3.05) is 52.5 Å². The molecule has 1 fully saturated rings. The molecule has 2 aromatic rings. The standard InChI is InChI=1S/C21H27N3O6S/c1-15-5-6-18(28-3)17(11-15)14-23(2)20-19(12-16(13-22-20)21(25)29-4)31(26,27)24-7-9-30-10-8-24/h5-6,11-13H,7-10,14H2,1-4H3. The summed E-state index contributed by atoms with van der Waals surface area (Å²) in [5.74, 6) is 0.282. The van der Waals surface area contributed by atoms with Crippen molar-refractivity contribution in [3.05, 3.63) is 47.2 Å². The molecule has 2 heterocycles. The summed E-state index contributed by atoms with van der Waals surface area (Å²) in [4.78, 5) is 18.0. The number of nitrogens with zero attached hydrogens (tertiary/aromatic N) is 3. The van der Waals surface area contributed by atoms with E-state index in [-0.39, 0.29) is 29.4 Å². The average molecular weight is 450 g/mol. The van der Waals surface area contributed by atoms with Crippen molar-refractivity contribution in [3.63, 3.8) is 0 Å². The smallest absolute Gasteiger partial charge is 0.339 e. The first-order valence-electron chi connectivity index (χ1n) is 9.79. The van der Waals surface area contributed by atoms with Gasteiger partial charge in [0.15, 0.2) is 0 Å². The molecule has 1 aromatic heterocycles. The number of methoxy groups -OCH3 is 2. The highest BCUT2D eigenvalue weighted by atomic mass is 32.2. The van der Waals surface area contributed by atoms with Crippen LogP contribution in [0.25, 0.3) is 0 Å². The van der Waals surface area contributed by atoms with Crippen molar-refractivity contribution < 1.29 is 27.4 Å². The number of hydrogen-bond donors (Lipinski definition) is 0. The second-order valence-electron chi connectivity index (χ2n) is 7.23. The fourth-order valence-electron chi connectivity index (χ4n) is 3.43. The van der Waals surface area contributed by atoms with E-state index in [1.54, 1.807) is 19.1 Å². The van der Waals surface area contributed by atoms with Crippen molar-refractivity contribution in [2.24, 2.45) is 0 Å². The largest absolute Gasteiger partial charge is 0.496 e. The van der Waals surface area contributed by atoms with Gasteiger partial charge in [-0.05, 0) is 19.1 Å². The normalized spacial score (nSPS) is 14.8. The lowest BCUT2D eigenvalue weighted by Gasteiger charge is -2.28. The number of hydrogen-bond acceptors (Lipinski definition) is 8. The summed E-state index contributed by atoms with van der Waals surface area (Å²) in [6, 6.07) is 7.12. The molecule has 1 aliphatic heterocycles. The van der Waals surface area contributed by atoms with Crippen LogP contribution >= 0.6 is 0 Å². The van der Waals surface area contributed by atoms with Crippen molar-refractivity contribution in [1.29, 1.82) is 0 Å². The van der Waals surface area contributed by atoms with Crippen LogP contribution in [0.4, 0.5) is 5.82 Å². The summed E-state index contributed by atoms with van der Waals surface area (Å²) in [6.45, 7) is 3.44. The number of pyridine rings is 1. The van der Waals surface area contributed by atoms with E-state index in [0.717, 1.165) is 11.1 Å². The number of aromatic nitrogens is 1. The molecule has 0 unspecified atom stereocenters. The van der Waals surface area contributed by atoms with Crippen LogP contribution in [-0.4, -0.2) is 71.2 Å². The SMILES string of the molecule is COC(=O)c1cnc(N(C)Cc2cc(C)ccc2OC)c(S(=O)(=O)N2CCOCC2)c1. The second kappa shape index (κ2) is 9.63. The zero-order valence-electron chi connectivity index (χ0n) is 18.1. The lowest BCUT2D eigenvalue weighted by molar-refractivity contribution is 0.0599. The molecule has 168 valence electrons. The number of esters is 1. The molecule has 31 heavy (non-hydrogen) atoms. The lowest BCUT2D eigenvalue weighted by atomic mass is 10.1. The lowest BCUT2D eigenvalue weighted by Crippen LogP contribution is -2.41. The molecule has 3 rings (SSSR count). The average Bonchev–Trinajstić information content (AvgIpc) is 2.78. The molecular weight excluding hydrogens is 422 g/mol. The molecule has 9 nitrogen and oxygen atoms in total. The van der Waals surface area contributed by atoms with Gasteiger partial charge in [0, 0.05) is 38.4 Å². The Hall–Kier alpha value is -2.69. The van der Waals surface area contributed by atoms with Crippen molar-refractivity contribution in [2.45, 2.75) is 18.4 Å². The van der Waals surface area contributed by atoms with Gasteiger partial charge in [-0.1, -0.05) is 17.7 Å². The van der Waals surface area contributed by atoms with Crippen LogP contribution < -0.4 is 9.64 Å². The van der Waals surface area contributed by atoms with E-state index in [1.165, 1.54) is 23.7 Å². The van der Waals surface area contributed by atoms with E-state index < -0.39 is 16.0 Å². The Labute approximate surface area is 182 Å². The first-order chi connectivity index (χ1) is 14.8. The van der Waals surface area contributed by atoms with Gasteiger partial charge in [-0.2, -0.15) is 4.31 Å². The Kier molecular flexibility index (Phi) is 7.14. The Morgan fingerprint density at radius 3 is 2.58 bits per heavy atom. The molecule has 0 saturated carbocycles. The number of anilines is 1. The second-order valence-corrected chi connectivity index (χ2v) is 9.13. The molecule has 1 saturated heterocycles. The minimum atomic E-state index is -3.91. The molecule has 0 atom stereocenters. The number of carbonyl (C=O) groups is 1. The van der Waals surface area contributed by atoms with Gasteiger partial charge in [0.2, 0.25) is 10.0 Å². The summed E-state index contributed by atoms with van der Waals surface area (Å²) in [5, 5.41) is 0. The number of ether oxygens (including phenoxy) is 3. The molecule has 0 spiro atoms. The van der Waals surface area contributed by atoms with E-state index in [9.17, 15) is 13.2 Å². The number of aryl methyl sites for hydroxylation is 1. The van der Waals surface area contributed by atoms with Gasteiger partial charge in [0.25, 0.3) is 0 Å². The Morgan fingerprint density at radius 2 is 1.94 bits per heavy atom. The van der Waals surface area contributed by atoms with Gasteiger partial charge < -0.3 is 19.1 Å². The van der Waals surface area contributed by atoms with E-state index >= 15 is 0 Å². The number of sulfonamides is 1. The minimum Gasteiger partial charge on any atom is -0.496 e. The maximum atomic E-state index is 13.4. The minimum absolute atomic E-state index is 0.0496. The van der Waals surface area contributed by atoms with E-state index in [2.05, 4.69) is 4.98 Å². The van der Waals surface area contributed by atoms with Crippen LogP contribution in [0.3, 0.4) is 0 Å². The first-order valence-corrected chi connectivity index (χ1v) is 11.2. The molecule has 0 aliphatic carbocycles. The van der Waals surface area contributed by atoms with Crippen molar-refractivity contribution in [3.8, 4) is 5.75 Å². The van der Waals surface area contributed by atoms with Gasteiger partial charge in [-0.15, -0.1) is 0 Å². The highest BCUT2D eigenvalue weighted by Crippen LogP contribution is 2.30. The third kappa shape index (κ3) is 4.97. The molecule has 0 amide bonds. The quantitative estimate of drug-likeness (QED) is 0.591. The van der Waals surface area contributed by atoms with Crippen LogP contribution in [-0.2, 0) is 26.0 Å². The van der Waals surface area contributed by atoms with Gasteiger partial charge in [-0.25, -0.2) is 18.2 Å². The summed E-state index contributed by atoms with van der Waals surface area (Å²) >= 11 is 0. The fraction of sp³-hybridized carbons (Fsp3) is 0.429. The monoisotopic (exact) mass is 449 g/mol. The van der Waals surface area contributed by atoms with E-state index in [4.69, 9.17) is 14.2 Å². The number of benzene rings is 1. The Morgan fingerprint density at radius 1 is 1.23 bits per heavy atom. The maximum Gasteiger partial charge on any atom is 0.339 e. The number of rotatable bonds is 7. The zero-order chi connectivity index (χ0) is 22.6. The highest BCUT2D eigenvalue weighted by Gasteiger charge is 2.31. The Bertz CT molecular complexity index is 1050.